The van der Waals surface area contributed by atoms with Crippen LogP contribution in [0.15, 0.2) is 0 Å². The number of hydrogen-bond donors (Lipinski definition) is 5. The molecule has 0 amide bonds. The zero-order chi connectivity index (χ0) is 12.6. The Balaban J connectivity index is 0. The Morgan fingerprint density at radius 1 is 1.47 bits per heavy atom. The Bertz CT molecular complexity index is 215. The highest BCUT2D eigenvalue weighted by atomic mass is 32.1. The zero-order valence-electron chi connectivity index (χ0n) is 9.02. The minimum atomic E-state index is -1.02. The molecule has 0 aliphatic rings. The van der Waals surface area contributed by atoms with Gasteiger partial charge in [-0.05, 0) is 20.9 Å². The highest BCUT2D eigenvalue weighted by molar-refractivity contribution is 7.81. The van der Waals surface area contributed by atoms with Gasteiger partial charge in [0.2, 0.25) is 0 Å². The summed E-state index contributed by atoms with van der Waals surface area (Å²) in [7, 11) is 1.59. The second-order valence-corrected chi connectivity index (χ2v) is 4.55. The molecule has 90 valence electrons. The molecular formula is C8H18N2O4S. The van der Waals surface area contributed by atoms with Crippen LogP contribution in [0.3, 0.4) is 0 Å². The molecule has 0 radical (unpaired) electrons. The first-order valence-corrected chi connectivity index (χ1v) is 4.64. The Kier molecular flexibility index (Phi) is 8.31. The zero-order valence-corrected chi connectivity index (χ0v) is 9.91. The molecule has 5 N–H and O–H groups in total. The highest BCUT2D eigenvalue weighted by Gasteiger charge is 2.27. The van der Waals surface area contributed by atoms with Crippen molar-refractivity contribution in [3.63, 3.8) is 0 Å². The highest BCUT2D eigenvalue weighted by Crippen LogP contribution is 2.15. The number of hydrogen-bond acceptors (Lipinski definition) is 5. The van der Waals surface area contributed by atoms with Crippen LogP contribution in [-0.4, -0.2) is 46.5 Å². The molecule has 0 heterocycles. The van der Waals surface area contributed by atoms with Gasteiger partial charge in [-0.25, -0.2) is 0 Å². The fraction of sp³-hybridized carbons (Fsp3) is 0.750. The number of nitrogens with one attached hydrogen (secondary N) is 1. The van der Waals surface area contributed by atoms with E-state index in [2.05, 4.69) is 17.9 Å². The molecule has 6 nitrogen and oxygen atoms in total. The van der Waals surface area contributed by atoms with E-state index in [1.165, 1.54) is 0 Å². The number of carboxylic acids is 2. The molecule has 0 bridgehead atoms. The normalized spacial score (nSPS) is 12.3. The number of aliphatic carboxylic acids is 2. The maximum Gasteiger partial charge on any atom is 0.321 e. The van der Waals surface area contributed by atoms with E-state index < -0.39 is 22.7 Å². The van der Waals surface area contributed by atoms with Crippen molar-refractivity contribution in [2.45, 2.75) is 24.6 Å². The Morgan fingerprint density at radius 2 is 1.87 bits per heavy atom. The number of carbonyl (C=O) groups is 2. The average Bonchev–Trinajstić information content (AvgIpc) is 2.01. The van der Waals surface area contributed by atoms with Crippen molar-refractivity contribution in [3.05, 3.63) is 0 Å². The van der Waals surface area contributed by atoms with Gasteiger partial charge in [0, 0.05) is 4.75 Å². The molecule has 0 fully saturated rings. The molecule has 1 unspecified atom stereocenters. The number of nitrogens with two attached hydrogens (primary N) is 1. The summed E-state index contributed by atoms with van der Waals surface area (Å²) in [5.41, 5.74) is 5.22. The lowest BCUT2D eigenvalue weighted by Gasteiger charge is -2.21. The van der Waals surface area contributed by atoms with Crippen molar-refractivity contribution in [2.24, 2.45) is 5.73 Å². The van der Waals surface area contributed by atoms with E-state index in [0.717, 1.165) is 0 Å². The molecule has 0 aliphatic carbocycles. The smallest absolute Gasteiger partial charge is 0.321 e. The number of likely N-dealkylation sites (N-methyl/N-ethyl adjacent to an activating group) is 1. The van der Waals surface area contributed by atoms with E-state index >= 15 is 0 Å². The maximum atomic E-state index is 10.2. The van der Waals surface area contributed by atoms with Gasteiger partial charge in [-0.15, -0.1) is 0 Å². The number of carboxylic acid groups (broad SMARTS) is 2. The van der Waals surface area contributed by atoms with Gasteiger partial charge in [0.1, 0.15) is 6.04 Å². The van der Waals surface area contributed by atoms with Crippen molar-refractivity contribution < 1.29 is 19.8 Å². The molecule has 15 heavy (non-hydrogen) atoms. The van der Waals surface area contributed by atoms with E-state index in [0.29, 0.717) is 0 Å². The molecule has 1 atom stereocenters. The molecule has 0 aromatic carbocycles. The topological polar surface area (TPSA) is 113 Å². The molecule has 0 aromatic rings. The van der Waals surface area contributed by atoms with Gasteiger partial charge in [-0.1, -0.05) is 0 Å². The lowest BCUT2D eigenvalue weighted by molar-refractivity contribution is -0.139. The first-order valence-electron chi connectivity index (χ1n) is 4.20. The largest absolute Gasteiger partial charge is 0.480 e. The standard InChI is InChI=1S/C5H11NO2S.C3H7NO2/c1-5(2,9)3(6)4(7)8;1-4-2-3(5)6/h3,9H,6H2,1-2H3,(H,7,8);4H,2H2,1H3,(H,5,6). The summed E-state index contributed by atoms with van der Waals surface area (Å²) in [6.45, 7) is 3.36. The van der Waals surface area contributed by atoms with E-state index in [4.69, 9.17) is 15.9 Å². The first-order chi connectivity index (χ1) is 6.62. The van der Waals surface area contributed by atoms with Crippen LogP contribution in [0.25, 0.3) is 0 Å². The summed E-state index contributed by atoms with van der Waals surface area (Å²) in [5, 5.41) is 18.7. The molecule has 0 rings (SSSR count). The maximum absolute atomic E-state index is 10.2. The van der Waals surface area contributed by atoms with Crippen molar-refractivity contribution >= 4 is 24.6 Å². The second-order valence-electron chi connectivity index (χ2n) is 3.39. The Hall–Kier alpha value is -0.790. The molecule has 0 aromatic heterocycles. The molecule has 0 saturated carbocycles. The minimum Gasteiger partial charge on any atom is -0.480 e. The van der Waals surface area contributed by atoms with Gasteiger partial charge in [0.15, 0.2) is 0 Å². The van der Waals surface area contributed by atoms with Crippen molar-refractivity contribution in [2.75, 3.05) is 13.6 Å². The average molecular weight is 238 g/mol. The van der Waals surface area contributed by atoms with Gasteiger partial charge in [0.05, 0.1) is 6.54 Å². The molecule has 0 saturated heterocycles. The van der Waals surface area contributed by atoms with Crippen LogP contribution in [0.1, 0.15) is 13.8 Å². The van der Waals surface area contributed by atoms with Crippen molar-refractivity contribution in [3.8, 4) is 0 Å². The van der Waals surface area contributed by atoms with Crippen molar-refractivity contribution in [1.29, 1.82) is 0 Å². The summed E-state index contributed by atoms with van der Waals surface area (Å²) in [6, 6.07) is -0.902. The van der Waals surface area contributed by atoms with Gasteiger partial charge < -0.3 is 21.3 Å². The van der Waals surface area contributed by atoms with Gasteiger partial charge in [-0.2, -0.15) is 12.6 Å². The fourth-order valence-corrected chi connectivity index (χ4v) is 0.564. The van der Waals surface area contributed by atoms with Crippen LogP contribution in [0.5, 0.6) is 0 Å². The van der Waals surface area contributed by atoms with E-state index in [9.17, 15) is 9.59 Å². The van der Waals surface area contributed by atoms with Crippen LogP contribution < -0.4 is 11.1 Å². The predicted molar refractivity (Wildman–Crippen MR) is 60.2 cm³/mol. The minimum absolute atomic E-state index is 0.0417. The lowest BCUT2D eigenvalue weighted by Crippen LogP contribution is -2.45. The van der Waals surface area contributed by atoms with Gasteiger partial charge in [-0.3, -0.25) is 9.59 Å². The fourth-order valence-electron chi connectivity index (χ4n) is 0.453. The van der Waals surface area contributed by atoms with E-state index in [1.54, 1.807) is 20.9 Å². The summed E-state index contributed by atoms with van der Waals surface area (Å²) < 4.78 is -0.647. The van der Waals surface area contributed by atoms with Crippen LogP contribution in [0.4, 0.5) is 0 Å². The van der Waals surface area contributed by atoms with Crippen molar-refractivity contribution in [1.82, 2.24) is 5.32 Å². The Morgan fingerprint density at radius 3 is 1.87 bits per heavy atom. The van der Waals surface area contributed by atoms with E-state index in [-0.39, 0.29) is 6.54 Å². The third-order valence-electron chi connectivity index (χ3n) is 1.36. The lowest BCUT2D eigenvalue weighted by atomic mass is 10.1. The molecule has 0 aliphatic heterocycles. The van der Waals surface area contributed by atoms with Gasteiger partial charge in [0.25, 0.3) is 0 Å². The third kappa shape index (κ3) is 11.1. The number of thiol groups is 1. The van der Waals surface area contributed by atoms with Gasteiger partial charge >= 0.3 is 11.9 Å². The molecule has 7 heteroatoms. The third-order valence-corrected chi connectivity index (χ3v) is 1.63. The molecule has 0 spiro atoms. The SMILES string of the molecule is CC(C)(S)C(N)C(=O)O.CNCC(=O)O. The van der Waals surface area contributed by atoms with Crippen LogP contribution in [0, 0.1) is 0 Å². The van der Waals surface area contributed by atoms with Crippen LogP contribution in [0.2, 0.25) is 0 Å². The van der Waals surface area contributed by atoms with Crippen LogP contribution >= 0.6 is 12.6 Å². The van der Waals surface area contributed by atoms with Crippen LogP contribution in [-0.2, 0) is 9.59 Å². The summed E-state index contributed by atoms with van der Waals surface area (Å²) in [4.78, 5) is 19.7. The quantitative estimate of drug-likeness (QED) is 0.418. The summed E-state index contributed by atoms with van der Waals surface area (Å²) >= 11 is 3.98. The molecular weight excluding hydrogens is 220 g/mol. The summed E-state index contributed by atoms with van der Waals surface area (Å²) in [5.74, 6) is -1.84. The van der Waals surface area contributed by atoms with E-state index in [1.807, 2.05) is 0 Å². The monoisotopic (exact) mass is 238 g/mol. The predicted octanol–water partition coefficient (Wildman–Crippen LogP) is -0.603. The number of rotatable bonds is 4. The first kappa shape index (κ1) is 16.6. The Labute approximate surface area is 94.3 Å². The summed E-state index contributed by atoms with van der Waals surface area (Å²) in [6.07, 6.45) is 0. The second kappa shape index (κ2) is 7.49.